The molecule has 0 aromatic heterocycles. The molecule has 0 radical (unpaired) electrons. The van der Waals surface area contributed by atoms with E-state index in [0.717, 1.165) is 0 Å². The summed E-state index contributed by atoms with van der Waals surface area (Å²) >= 11 is 5.32. The minimum absolute atomic E-state index is 0.418. The first-order chi connectivity index (χ1) is 3.62. The fourth-order valence-electron chi connectivity index (χ4n) is 0.244. The SMILES string of the molecule is [2H]C([2H])(CC)CCCl. The molecule has 0 aromatic rings. The molecule has 0 saturated carbocycles. The highest BCUT2D eigenvalue weighted by atomic mass is 35.5. The number of hydrogen-bond acceptors (Lipinski definition) is 0. The molecule has 0 nitrogen and oxygen atoms in total. The van der Waals surface area contributed by atoms with Gasteiger partial charge in [0.15, 0.2) is 0 Å². The highest BCUT2D eigenvalue weighted by molar-refractivity contribution is 6.17. The molecule has 0 aliphatic rings. The minimum Gasteiger partial charge on any atom is -0.127 e. The van der Waals surface area contributed by atoms with Crippen molar-refractivity contribution in [2.24, 2.45) is 0 Å². The maximum Gasteiger partial charge on any atom is 0.0267 e. The van der Waals surface area contributed by atoms with Gasteiger partial charge >= 0.3 is 0 Å². The summed E-state index contributed by atoms with van der Waals surface area (Å²) in [5, 5.41) is 0. The summed E-state index contributed by atoms with van der Waals surface area (Å²) in [6.07, 6.45) is -0.0213. The molecule has 0 aliphatic heterocycles. The lowest BCUT2D eigenvalue weighted by Gasteiger charge is -1.84. The van der Waals surface area contributed by atoms with Crippen molar-refractivity contribution in [2.45, 2.75) is 26.1 Å². The van der Waals surface area contributed by atoms with Gasteiger partial charge in [-0.2, -0.15) is 0 Å². The van der Waals surface area contributed by atoms with Crippen molar-refractivity contribution in [1.82, 2.24) is 0 Å². The Bertz CT molecular complexity index is 63.4. The predicted molar refractivity (Wildman–Crippen MR) is 30.2 cm³/mol. The summed E-state index contributed by atoms with van der Waals surface area (Å²) in [5.41, 5.74) is 0. The van der Waals surface area contributed by atoms with Gasteiger partial charge in [-0.3, -0.25) is 0 Å². The molecular weight excluding hydrogens is 95.5 g/mol. The molecule has 0 rings (SSSR count). The molecule has 0 atom stereocenters. The van der Waals surface area contributed by atoms with Gasteiger partial charge in [0.25, 0.3) is 0 Å². The van der Waals surface area contributed by atoms with Crippen molar-refractivity contribution >= 4 is 11.6 Å². The lowest BCUT2D eigenvalue weighted by Crippen LogP contribution is -1.70. The molecule has 6 heavy (non-hydrogen) atoms. The van der Waals surface area contributed by atoms with Crippen LogP contribution in [0.2, 0.25) is 0 Å². The van der Waals surface area contributed by atoms with Gasteiger partial charge in [0, 0.05) is 8.62 Å². The number of rotatable bonds is 3. The third-order valence-electron chi connectivity index (χ3n) is 0.521. The second kappa shape index (κ2) is 5.29. The number of halogens is 1. The van der Waals surface area contributed by atoms with Crippen molar-refractivity contribution in [3.8, 4) is 0 Å². The van der Waals surface area contributed by atoms with E-state index >= 15 is 0 Å². The summed E-state index contributed by atoms with van der Waals surface area (Å²) in [6, 6.07) is 0. The van der Waals surface area contributed by atoms with Gasteiger partial charge in [-0.25, -0.2) is 0 Å². The standard InChI is InChI=1S/C5H11Cl/c1-2-3-4-5-6/h2-5H2,1H3/i3D2. The molecule has 0 aliphatic carbocycles. The molecule has 0 N–H and O–H groups in total. The fourth-order valence-corrected chi connectivity index (χ4v) is 0.377. The van der Waals surface area contributed by atoms with Crippen LogP contribution in [0.4, 0.5) is 0 Å². The zero-order valence-electron chi connectivity index (χ0n) is 6.00. The summed E-state index contributed by atoms with van der Waals surface area (Å²) < 4.78 is 14.3. The molecular formula is C5H11Cl. The first-order valence-electron chi connectivity index (χ1n) is 3.18. The summed E-state index contributed by atoms with van der Waals surface area (Å²) in [5.74, 6) is 0.418. The molecule has 0 aromatic carbocycles. The fraction of sp³-hybridized carbons (Fsp3) is 1.00. The third kappa shape index (κ3) is 4.29. The maximum absolute atomic E-state index is 7.16. The van der Waals surface area contributed by atoms with Crippen LogP contribution >= 0.6 is 11.6 Å². The van der Waals surface area contributed by atoms with Crippen LogP contribution in [-0.4, -0.2) is 5.88 Å². The number of alkyl halides is 1. The molecule has 1 heteroatoms. The summed E-state index contributed by atoms with van der Waals surface area (Å²) in [7, 11) is 0. The van der Waals surface area contributed by atoms with Crippen LogP contribution in [0.1, 0.15) is 28.9 Å². The molecule has 38 valence electrons. The Morgan fingerprint density at radius 3 is 2.67 bits per heavy atom. The van der Waals surface area contributed by atoms with E-state index in [4.69, 9.17) is 14.3 Å². The van der Waals surface area contributed by atoms with E-state index in [1.54, 1.807) is 0 Å². The van der Waals surface area contributed by atoms with Gasteiger partial charge in [-0.15, -0.1) is 11.6 Å². The predicted octanol–water partition coefficient (Wildman–Crippen LogP) is 2.42. The smallest absolute Gasteiger partial charge is 0.0267 e. The second-order valence-corrected chi connectivity index (χ2v) is 1.42. The molecule has 0 spiro atoms. The van der Waals surface area contributed by atoms with Gasteiger partial charge in [-0.05, 0) is 6.42 Å². The van der Waals surface area contributed by atoms with Crippen LogP contribution in [0.15, 0.2) is 0 Å². The minimum atomic E-state index is -1.04. The Morgan fingerprint density at radius 1 is 1.83 bits per heavy atom. The first kappa shape index (κ1) is 3.31. The molecule has 0 saturated heterocycles. The maximum atomic E-state index is 7.16. The Kier molecular flexibility index (Phi) is 2.92. The van der Waals surface area contributed by atoms with E-state index in [9.17, 15) is 0 Å². The van der Waals surface area contributed by atoms with E-state index in [0.29, 0.717) is 18.7 Å². The highest BCUT2D eigenvalue weighted by Gasteiger charge is 1.76. The lowest BCUT2D eigenvalue weighted by atomic mass is 10.3. The monoisotopic (exact) mass is 108 g/mol. The Hall–Kier alpha value is 0.290. The van der Waals surface area contributed by atoms with Crippen LogP contribution in [0.25, 0.3) is 0 Å². The Balaban J connectivity index is 3.37. The largest absolute Gasteiger partial charge is 0.127 e. The van der Waals surface area contributed by atoms with Gasteiger partial charge in [0.1, 0.15) is 0 Å². The molecule has 0 heterocycles. The molecule has 0 fully saturated rings. The van der Waals surface area contributed by atoms with Crippen molar-refractivity contribution in [3.05, 3.63) is 0 Å². The zero-order chi connectivity index (χ0) is 6.62. The van der Waals surface area contributed by atoms with E-state index < -0.39 is 6.37 Å². The van der Waals surface area contributed by atoms with Crippen molar-refractivity contribution in [2.75, 3.05) is 5.88 Å². The molecule has 0 unspecified atom stereocenters. The van der Waals surface area contributed by atoms with Gasteiger partial charge in [0.2, 0.25) is 0 Å². The Labute approximate surface area is 47.3 Å². The van der Waals surface area contributed by atoms with Crippen LogP contribution in [-0.2, 0) is 0 Å². The average Bonchev–Trinajstić information content (AvgIpc) is 1.67. The zero-order valence-corrected chi connectivity index (χ0v) is 4.76. The van der Waals surface area contributed by atoms with E-state index in [1.165, 1.54) is 0 Å². The first-order valence-corrected chi connectivity index (χ1v) is 2.72. The van der Waals surface area contributed by atoms with E-state index in [-0.39, 0.29) is 0 Å². The average molecular weight is 109 g/mol. The summed E-state index contributed by atoms with van der Waals surface area (Å²) in [4.78, 5) is 0. The Morgan fingerprint density at radius 2 is 2.50 bits per heavy atom. The summed E-state index contributed by atoms with van der Waals surface area (Å²) in [6.45, 7) is 1.83. The van der Waals surface area contributed by atoms with Crippen LogP contribution < -0.4 is 0 Å². The second-order valence-electron chi connectivity index (χ2n) is 1.04. The normalized spacial score (nSPS) is 16.3. The van der Waals surface area contributed by atoms with Crippen LogP contribution in [0, 0.1) is 0 Å². The highest BCUT2D eigenvalue weighted by Crippen LogP contribution is 1.93. The van der Waals surface area contributed by atoms with E-state index in [2.05, 4.69) is 0 Å². The topological polar surface area (TPSA) is 0 Å². The number of hydrogen-bond donors (Lipinski definition) is 0. The van der Waals surface area contributed by atoms with Crippen molar-refractivity contribution in [1.29, 1.82) is 0 Å². The molecule has 0 amide bonds. The van der Waals surface area contributed by atoms with Crippen LogP contribution in [0.5, 0.6) is 0 Å². The van der Waals surface area contributed by atoms with Gasteiger partial charge in [-0.1, -0.05) is 19.7 Å². The van der Waals surface area contributed by atoms with Gasteiger partial charge < -0.3 is 0 Å². The van der Waals surface area contributed by atoms with E-state index in [1.807, 2.05) is 6.92 Å². The van der Waals surface area contributed by atoms with Crippen molar-refractivity contribution in [3.63, 3.8) is 0 Å². The quantitative estimate of drug-likeness (QED) is 0.487. The molecule has 0 bridgehead atoms. The van der Waals surface area contributed by atoms with Crippen LogP contribution in [0.3, 0.4) is 0 Å². The van der Waals surface area contributed by atoms with Gasteiger partial charge in [0.05, 0.1) is 0 Å². The van der Waals surface area contributed by atoms with Crippen molar-refractivity contribution < 1.29 is 2.74 Å². The third-order valence-corrected chi connectivity index (χ3v) is 0.710. The lowest BCUT2D eigenvalue weighted by molar-refractivity contribution is 0.776.